The second-order valence-corrected chi connectivity index (χ2v) is 10.6. The average Bonchev–Trinajstić information content (AvgIpc) is 3.21. The second-order valence-electron chi connectivity index (χ2n) is 10.6. The molecular formula is C27H33N7O. The van der Waals surface area contributed by atoms with Crippen molar-refractivity contribution in [1.29, 1.82) is 0 Å². The molecule has 0 amide bonds. The van der Waals surface area contributed by atoms with Crippen LogP contribution in [0.3, 0.4) is 0 Å². The van der Waals surface area contributed by atoms with Gasteiger partial charge in [-0.2, -0.15) is 9.97 Å². The number of aliphatic hydroxyl groups is 1. The number of fused-ring (bicyclic) bond motifs is 1. The normalized spacial score (nSPS) is 16.0. The molecule has 35 heavy (non-hydrogen) atoms. The maximum Gasteiger partial charge on any atom is 0.229 e. The first kappa shape index (κ1) is 23.2. The third kappa shape index (κ3) is 4.46. The molecule has 182 valence electrons. The van der Waals surface area contributed by atoms with Crippen LogP contribution in [0.4, 0.5) is 17.5 Å². The lowest BCUT2D eigenvalue weighted by molar-refractivity contribution is 0.0115. The molecule has 0 unspecified atom stereocenters. The largest absolute Gasteiger partial charge is 0.385 e. The first-order chi connectivity index (χ1) is 16.6. The van der Waals surface area contributed by atoms with Gasteiger partial charge in [-0.3, -0.25) is 4.98 Å². The number of nitrogens with zero attached hydrogens (tertiary/aromatic N) is 6. The summed E-state index contributed by atoms with van der Waals surface area (Å²) in [6.07, 6.45) is 6.41. The monoisotopic (exact) mass is 471 g/mol. The molecular weight excluding hydrogens is 438 g/mol. The first-order valence-corrected chi connectivity index (χ1v) is 12.1. The van der Waals surface area contributed by atoms with Gasteiger partial charge in [0, 0.05) is 38.2 Å². The zero-order valence-electron chi connectivity index (χ0n) is 21.1. The SMILES string of the molecule is Cc1ccc(C(C)(C)C)cc1Nc1nc(N2CCC(O)(c3ccncc3)CC2)nc2ncn(C)c12. The van der Waals surface area contributed by atoms with Crippen LogP contribution in [0.1, 0.15) is 50.3 Å². The summed E-state index contributed by atoms with van der Waals surface area (Å²) >= 11 is 0. The summed E-state index contributed by atoms with van der Waals surface area (Å²) in [5, 5.41) is 14.8. The van der Waals surface area contributed by atoms with Crippen LogP contribution in [0.2, 0.25) is 0 Å². The fraction of sp³-hybridized carbons (Fsp3) is 0.407. The van der Waals surface area contributed by atoms with E-state index in [4.69, 9.17) is 9.97 Å². The molecule has 0 radical (unpaired) electrons. The highest BCUT2D eigenvalue weighted by molar-refractivity contribution is 5.87. The minimum Gasteiger partial charge on any atom is -0.385 e. The minimum atomic E-state index is -0.861. The third-order valence-corrected chi connectivity index (χ3v) is 7.01. The Bertz CT molecular complexity index is 1350. The molecule has 2 N–H and O–H groups in total. The fourth-order valence-corrected chi connectivity index (χ4v) is 4.65. The van der Waals surface area contributed by atoms with E-state index < -0.39 is 5.60 Å². The van der Waals surface area contributed by atoms with E-state index in [1.165, 1.54) is 5.56 Å². The van der Waals surface area contributed by atoms with Crippen molar-refractivity contribution in [2.24, 2.45) is 7.05 Å². The molecule has 1 saturated heterocycles. The molecule has 8 nitrogen and oxygen atoms in total. The number of benzene rings is 1. The molecule has 4 aromatic rings. The predicted molar refractivity (Wildman–Crippen MR) is 139 cm³/mol. The standard InChI is InChI=1S/C27H33N7O/c1-18-6-7-20(26(2,3)4)16-21(18)30-24-22-23(29-17-33(22)5)31-25(32-24)34-14-10-27(35,11-15-34)19-8-12-28-13-9-19/h6-9,12-13,16-17,35H,10-11,14-15H2,1-5H3,(H,30,31,32). The Morgan fingerprint density at radius 3 is 2.43 bits per heavy atom. The Kier molecular flexibility index (Phi) is 5.71. The van der Waals surface area contributed by atoms with Crippen LogP contribution in [0.25, 0.3) is 11.2 Å². The number of piperidine rings is 1. The lowest BCUT2D eigenvalue weighted by Crippen LogP contribution is -2.43. The predicted octanol–water partition coefficient (Wildman–Crippen LogP) is 4.60. The fourth-order valence-electron chi connectivity index (χ4n) is 4.65. The maximum absolute atomic E-state index is 11.2. The van der Waals surface area contributed by atoms with Crippen LogP contribution in [0.5, 0.6) is 0 Å². The summed E-state index contributed by atoms with van der Waals surface area (Å²) in [7, 11) is 1.96. The minimum absolute atomic E-state index is 0.0439. The molecule has 3 aromatic heterocycles. The van der Waals surface area contributed by atoms with Crippen LogP contribution in [-0.4, -0.2) is 42.7 Å². The van der Waals surface area contributed by atoms with Crippen LogP contribution in [0.15, 0.2) is 49.1 Å². The first-order valence-electron chi connectivity index (χ1n) is 12.1. The molecule has 8 heteroatoms. The van der Waals surface area contributed by atoms with Gasteiger partial charge in [0.1, 0.15) is 5.52 Å². The quantitative estimate of drug-likeness (QED) is 0.449. The second kappa shape index (κ2) is 8.61. The van der Waals surface area contributed by atoms with Crippen LogP contribution in [-0.2, 0) is 18.1 Å². The highest BCUT2D eigenvalue weighted by atomic mass is 16.3. The highest BCUT2D eigenvalue weighted by Gasteiger charge is 2.35. The van der Waals surface area contributed by atoms with E-state index in [0.29, 0.717) is 37.5 Å². The number of rotatable bonds is 4. The van der Waals surface area contributed by atoms with Crippen LogP contribution >= 0.6 is 0 Å². The van der Waals surface area contributed by atoms with E-state index in [1.54, 1.807) is 18.7 Å². The Balaban J connectivity index is 1.47. The van der Waals surface area contributed by atoms with Gasteiger partial charge in [0.05, 0.1) is 11.9 Å². The molecule has 1 aromatic carbocycles. The van der Waals surface area contributed by atoms with Crippen molar-refractivity contribution in [2.75, 3.05) is 23.3 Å². The molecule has 1 fully saturated rings. The van der Waals surface area contributed by atoms with E-state index in [1.807, 2.05) is 23.7 Å². The molecule has 5 rings (SSSR count). The lowest BCUT2D eigenvalue weighted by Gasteiger charge is -2.38. The number of aryl methyl sites for hydroxylation is 2. The lowest BCUT2D eigenvalue weighted by atomic mass is 9.85. The van der Waals surface area contributed by atoms with Crippen molar-refractivity contribution < 1.29 is 5.11 Å². The van der Waals surface area contributed by atoms with Gasteiger partial charge in [0.25, 0.3) is 0 Å². The van der Waals surface area contributed by atoms with Crippen molar-refractivity contribution in [3.8, 4) is 0 Å². The van der Waals surface area contributed by atoms with Crippen LogP contribution in [0, 0.1) is 6.92 Å². The summed E-state index contributed by atoms with van der Waals surface area (Å²) in [6.45, 7) is 10.0. The van der Waals surface area contributed by atoms with Gasteiger partial charge < -0.3 is 19.9 Å². The number of aromatic nitrogens is 5. The summed E-state index contributed by atoms with van der Waals surface area (Å²) < 4.78 is 1.95. The van der Waals surface area contributed by atoms with Crippen molar-refractivity contribution in [3.63, 3.8) is 0 Å². The smallest absolute Gasteiger partial charge is 0.229 e. The van der Waals surface area contributed by atoms with E-state index in [-0.39, 0.29) is 5.41 Å². The number of pyridine rings is 1. The van der Waals surface area contributed by atoms with Crippen molar-refractivity contribution in [3.05, 3.63) is 65.7 Å². The number of anilines is 3. The molecule has 1 aliphatic rings. The Morgan fingerprint density at radius 1 is 1.03 bits per heavy atom. The van der Waals surface area contributed by atoms with E-state index >= 15 is 0 Å². The average molecular weight is 472 g/mol. The Morgan fingerprint density at radius 2 is 1.74 bits per heavy atom. The summed E-state index contributed by atoms with van der Waals surface area (Å²) in [5.74, 6) is 1.36. The molecule has 0 bridgehead atoms. The van der Waals surface area contributed by atoms with Gasteiger partial charge in [0.15, 0.2) is 11.5 Å². The van der Waals surface area contributed by atoms with Crippen molar-refractivity contribution in [2.45, 2.75) is 51.6 Å². The van der Waals surface area contributed by atoms with Crippen molar-refractivity contribution in [1.82, 2.24) is 24.5 Å². The van der Waals surface area contributed by atoms with Gasteiger partial charge in [-0.05, 0) is 60.1 Å². The van der Waals surface area contributed by atoms with Gasteiger partial charge in [-0.15, -0.1) is 0 Å². The Labute approximate surface area is 206 Å². The van der Waals surface area contributed by atoms with Crippen LogP contribution < -0.4 is 10.2 Å². The number of imidazole rings is 1. The van der Waals surface area contributed by atoms with Gasteiger partial charge in [-0.1, -0.05) is 32.9 Å². The Hall–Kier alpha value is -3.52. The molecule has 0 atom stereocenters. The highest BCUT2D eigenvalue weighted by Crippen LogP contribution is 2.35. The number of hydrogen-bond donors (Lipinski definition) is 2. The number of nitrogens with one attached hydrogen (secondary N) is 1. The van der Waals surface area contributed by atoms with E-state index in [2.05, 4.69) is 66.1 Å². The molecule has 0 saturated carbocycles. The molecule has 0 spiro atoms. The van der Waals surface area contributed by atoms with E-state index in [0.717, 1.165) is 28.1 Å². The third-order valence-electron chi connectivity index (χ3n) is 7.01. The molecule has 1 aliphatic heterocycles. The van der Waals surface area contributed by atoms with Crippen molar-refractivity contribution >= 4 is 28.6 Å². The van der Waals surface area contributed by atoms with Gasteiger partial charge >= 0.3 is 0 Å². The zero-order valence-corrected chi connectivity index (χ0v) is 21.1. The van der Waals surface area contributed by atoms with E-state index in [9.17, 15) is 5.11 Å². The molecule has 0 aliphatic carbocycles. The zero-order chi connectivity index (χ0) is 24.8. The van der Waals surface area contributed by atoms with Gasteiger partial charge in [-0.25, -0.2) is 4.98 Å². The number of hydrogen-bond acceptors (Lipinski definition) is 7. The molecule has 4 heterocycles. The topological polar surface area (TPSA) is 92.0 Å². The summed E-state index contributed by atoms with van der Waals surface area (Å²) in [6, 6.07) is 10.3. The summed E-state index contributed by atoms with van der Waals surface area (Å²) in [5.41, 5.74) is 5.03. The summed E-state index contributed by atoms with van der Waals surface area (Å²) in [4.78, 5) is 20.5. The van der Waals surface area contributed by atoms with Gasteiger partial charge in [0.2, 0.25) is 5.95 Å². The maximum atomic E-state index is 11.2.